The molecular formula is C14H23N3O. The molecule has 0 fully saturated rings. The van der Waals surface area contributed by atoms with Gasteiger partial charge in [0.2, 0.25) is 0 Å². The van der Waals surface area contributed by atoms with E-state index in [-0.39, 0.29) is 11.9 Å². The van der Waals surface area contributed by atoms with Crippen molar-refractivity contribution in [2.45, 2.75) is 40.2 Å². The van der Waals surface area contributed by atoms with Gasteiger partial charge in [0.1, 0.15) is 0 Å². The van der Waals surface area contributed by atoms with Gasteiger partial charge in [0, 0.05) is 25.0 Å². The fourth-order valence-electron chi connectivity index (χ4n) is 1.99. The molecule has 0 saturated carbocycles. The van der Waals surface area contributed by atoms with Crippen molar-refractivity contribution in [3.05, 3.63) is 24.0 Å². The van der Waals surface area contributed by atoms with Crippen LogP contribution in [-0.4, -0.2) is 23.5 Å². The Morgan fingerprint density at radius 3 is 2.72 bits per heavy atom. The van der Waals surface area contributed by atoms with Crippen molar-refractivity contribution in [2.24, 2.45) is 5.92 Å². The van der Waals surface area contributed by atoms with Crippen molar-refractivity contribution < 1.29 is 4.79 Å². The summed E-state index contributed by atoms with van der Waals surface area (Å²) in [7, 11) is 0. The fourth-order valence-corrected chi connectivity index (χ4v) is 1.99. The van der Waals surface area contributed by atoms with Gasteiger partial charge in [0.05, 0.1) is 11.3 Å². The van der Waals surface area contributed by atoms with Gasteiger partial charge < -0.3 is 10.6 Å². The zero-order chi connectivity index (χ0) is 13.5. The van der Waals surface area contributed by atoms with E-state index < -0.39 is 0 Å². The minimum atomic E-state index is -0.0628. The lowest BCUT2D eigenvalue weighted by atomic mass is 10.0. The van der Waals surface area contributed by atoms with E-state index in [0.29, 0.717) is 11.5 Å². The molecule has 0 saturated heterocycles. The van der Waals surface area contributed by atoms with Crippen LogP contribution in [-0.2, 0) is 0 Å². The Morgan fingerprint density at radius 2 is 2.11 bits per heavy atom. The van der Waals surface area contributed by atoms with Gasteiger partial charge in [-0.3, -0.25) is 9.78 Å². The summed E-state index contributed by atoms with van der Waals surface area (Å²) in [6.07, 6.45) is 4.27. The highest BCUT2D eigenvalue weighted by atomic mass is 16.1. The molecule has 4 heteroatoms. The van der Waals surface area contributed by atoms with Crippen molar-refractivity contribution in [1.29, 1.82) is 0 Å². The average molecular weight is 249 g/mol. The molecule has 0 aliphatic carbocycles. The Labute approximate surface area is 109 Å². The van der Waals surface area contributed by atoms with Crippen LogP contribution in [0.25, 0.3) is 0 Å². The Hall–Kier alpha value is -1.58. The maximum atomic E-state index is 12.1. The molecule has 100 valence electrons. The van der Waals surface area contributed by atoms with Gasteiger partial charge in [-0.1, -0.05) is 13.8 Å². The molecule has 1 aromatic heterocycles. The highest BCUT2D eigenvalue weighted by molar-refractivity contribution is 5.99. The summed E-state index contributed by atoms with van der Waals surface area (Å²) in [5.41, 5.74) is 1.44. The number of aromatic nitrogens is 1. The van der Waals surface area contributed by atoms with Crippen LogP contribution in [0.15, 0.2) is 18.5 Å². The standard InChI is InChI=1S/C14H23N3O/c1-5-16-13-6-7-15-9-12(13)14(18)17-11(4)8-10(2)3/h6-7,9-11H,5,8H2,1-4H3,(H,15,16)(H,17,18). The van der Waals surface area contributed by atoms with Crippen molar-refractivity contribution in [3.8, 4) is 0 Å². The van der Waals surface area contributed by atoms with E-state index in [9.17, 15) is 4.79 Å². The number of carbonyl (C=O) groups excluding carboxylic acids is 1. The molecule has 0 aliphatic heterocycles. The summed E-state index contributed by atoms with van der Waals surface area (Å²) < 4.78 is 0. The zero-order valence-electron chi connectivity index (χ0n) is 11.7. The van der Waals surface area contributed by atoms with E-state index in [1.807, 2.05) is 19.9 Å². The van der Waals surface area contributed by atoms with Gasteiger partial charge in [-0.2, -0.15) is 0 Å². The van der Waals surface area contributed by atoms with Crippen molar-refractivity contribution in [1.82, 2.24) is 10.3 Å². The van der Waals surface area contributed by atoms with Crippen LogP contribution >= 0.6 is 0 Å². The number of anilines is 1. The third-order valence-corrected chi connectivity index (χ3v) is 2.64. The molecule has 2 N–H and O–H groups in total. The molecule has 0 spiro atoms. The van der Waals surface area contributed by atoms with Crippen LogP contribution in [0.2, 0.25) is 0 Å². The molecule has 1 amide bonds. The van der Waals surface area contributed by atoms with E-state index >= 15 is 0 Å². The highest BCUT2D eigenvalue weighted by Crippen LogP contribution is 2.14. The van der Waals surface area contributed by atoms with Gasteiger partial charge in [-0.15, -0.1) is 0 Å². The first-order valence-electron chi connectivity index (χ1n) is 6.53. The van der Waals surface area contributed by atoms with Crippen LogP contribution < -0.4 is 10.6 Å². The third kappa shape index (κ3) is 4.35. The predicted octanol–water partition coefficient (Wildman–Crippen LogP) is 2.68. The SMILES string of the molecule is CCNc1ccncc1C(=O)NC(C)CC(C)C. The minimum absolute atomic E-state index is 0.0628. The lowest BCUT2D eigenvalue weighted by molar-refractivity contribution is 0.0936. The number of nitrogens with one attached hydrogen (secondary N) is 2. The number of hydrogen-bond donors (Lipinski definition) is 2. The van der Waals surface area contributed by atoms with Crippen molar-refractivity contribution in [3.63, 3.8) is 0 Å². The first-order chi connectivity index (χ1) is 8.54. The summed E-state index contributed by atoms with van der Waals surface area (Å²) >= 11 is 0. The summed E-state index contributed by atoms with van der Waals surface area (Å²) in [5.74, 6) is 0.509. The van der Waals surface area contributed by atoms with Gasteiger partial charge >= 0.3 is 0 Å². The Bertz CT molecular complexity index is 390. The smallest absolute Gasteiger partial charge is 0.255 e. The maximum absolute atomic E-state index is 12.1. The van der Waals surface area contributed by atoms with E-state index in [4.69, 9.17) is 0 Å². The maximum Gasteiger partial charge on any atom is 0.255 e. The number of carbonyl (C=O) groups is 1. The van der Waals surface area contributed by atoms with Crippen molar-refractivity contribution >= 4 is 11.6 Å². The number of rotatable bonds is 6. The molecule has 0 radical (unpaired) electrons. The average Bonchev–Trinajstić information content (AvgIpc) is 2.28. The highest BCUT2D eigenvalue weighted by Gasteiger charge is 2.14. The molecule has 1 unspecified atom stereocenters. The molecule has 1 aromatic rings. The molecule has 0 aliphatic rings. The molecule has 1 rings (SSSR count). The summed E-state index contributed by atoms with van der Waals surface area (Å²) in [6.45, 7) is 9.12. The molecule has 4 nitrogen and oxygen atoms in total. The van der Waals surface area contributed by atoms with Gasteiger partial charge in [-0.05, 0) is 32.3 Å². The van der Waals surface area contributed by atoms with Crippen LogP contribution in [0, 0.1) is 5.92 Å². The molecule has 18 heavy (non-hydrogen) atoms. The lowest BCUT2D eigenvalue weighted by Crippen LogP contribution is -2.34. The number of nitrogens with zero attached hydrogens (tertiary/aromatic N) is 1. The molecule has 0 aromatic carbocycles. The van der Waals surface area contributed by atoms with Crippen LogP contribution in [0.3, 0.4) is 0 Å². The van der Waals surface area contributed by atoms with E-state index in [1.54, 1.807) is 12.4 Å². The topological polar surface area (TPSA) is 54.0 Å². The number of amides is 1. The Balaban J connectivity index is 2.71. The molecular weight excluding hydrogens is 226 g/mol. The fraction of sp³-hybridized carbons (Fsp3) is 0.571. The summed E-state index contributed by atoms with van der Waals surface area (Å²) in [4.78, 5) is 16.2. The van der Waals surface area contributed by atoms with E-state index in [2.05, 4.69) is 29.5 Å². The normalized spacial score (nSPS) is 12.3. The van der Waals surface area contributed by atoms with Crippen LogP contribution in [0.4, 0.5) is 5.69 Å². The Morgan fingerprint density at radius 1 is 1.39 bits per heavy atom. The van der Waals surface area contributed by atoms with Gasteiger partial charge in [0.25, 0.3) is 5.91 Å². The van der Waals surface area contributed by atoms with Crippen LogP contribution in [0.5, 0.6) is 0 Å². The second kappa shape index (κ2) is 6.99. The summed E-state index contributed by atoms with van der Waals surface area (Å²) in [6, 6.07) is 2.00. The zero-order valence-corrected chi connectivity index (χ0v) is 11.7. The second-order valence-electron chi connectivity index (χ2n) is 4.96. The Kier molecular flexibility index (Phi) is 5.62. The molecule has 1 heterocycles. The second-order valence-corrected chi connectivity index (χ2v) is 4.96. The number of pyridine rings is 1. The minimum Gasteiger partial charge on any atom is -0.385 e. The first-order valence-corrected chi connectivity index (χ1v) is 6.53. The first kappa shape index (κ1) is 14.5. The molecule has 1 atom stereocenters. The largest absolute Gasteiger partial charge is 0.385 e. The monoisotopic (exact) mass is 249 g/mol. The number of hydrogen-bond acceptors (Lipinski definition) is 3. The molecule has 0 bridgehead atoms. The van der Waals surface area contributed by atoms with E-state index in [1.165, 1.54) is 0 Å². The van der Waals surface area contributed by atoms with Crippen LogP contribution in [0.1, 0.15) is 44.5 Å². The van der Waals surface area contributed by atoms with E-state index in [0.717, 1.165) is 18.7 Å². The van der Waals surface area contributed by atoms with Gasteiger partial charge in [0.15, 0.2) is 0 Å². The lowest BCUT2D eigenvalue weighted by Gasteiger charge is -2.17. The quantitative estimate of drug-likeness (QED) is 0.815. The predicted molar refractivity (Wildman–Crippen MR) is 74.8 cm³/mol. The third-order valence-electron chi connectivity index (χ3n) is 2.64. The van der Waals surface area contributed by atoms with Gasteiger partial charge in [-0.25, -0.2) is 0 Å². The van der Waals surface area contributed by atoms with Crippen molar-refractivity contribution in [2.75, 3.05) is 11.9 Å². The summed E-state index contributed by atoms with van der Waals surface area (Å²) in [5, 5.41) is 6.18.